The zero-order chi connectivity index (χ0) is 6.97. The van der Waals surface area contributed by atoms with Gasteiger partial charge in [0.25, 0.3) is 0 Å². The summed E-state index contributed by atoms with van der Waals surface area (Å²) < 4.78 is 0. The summed E-state index contributed by atoms with van der Waals surface area (Å²) in [7, 11) is 0. The van der Waals surface area contributed by atoms with Crippen molar-refractivity contribution in [2.75, 3.05) is 11.9 Å². The maximum atomic E-state index is 3.33. The molecule has 0 saturated heterocycles. The first kappa shape index (κ1) is 5.78. The first-order chi connectivity index (χ1) is 4.86. The van der Waals surface area contributed by atoms with Crippen LogP contribution in [0.25, 0.3) is 0 Å². The Morgan fingerprint density at radius 1 is 1.50 bits per heavy atom. The van der Waals surface area contributed by atoms with E-state index in [0.717, 1.165) is 6.54 Å². The molecule has 0 aliphatic carbocycles. The fraction of sp³-hybridized carbons (Fsp3) is 0.333. The van der Waals surface area contributed by atoms with Crippen LogP contribution in [0.2, 0.25) is 0 Å². The highest BCUT2D eigenvalue weighted by molar-refractivity contribution is 5.56. The molecule has 1 N–H and O–H groups in total. The van der Waals surface area contributed by atoms with Gasteiger partial charge >= 0.3 is 0 Å². The summed E-state index contributed by atoms with van der Waals surface area (Å²) in [6, 6.07) is 6.57. The van der Waals surface area contributed by atoms with E-state index in [1.807, 2.05) is 0 Å². The first-order valence-electron chi connectivity index (χ1n) is 3.70. The smallest absolute Gasteiger partial charge is 0.0373 e. The molecule has 0 spiro atoms. The summed E-state index contributed by atoms with van der Waals surface area (Å²) in [5.74, 6) is 0. The lowest BCUT2D eigenvalue weighted by Crippen LogP contribution is -1.90. The SMILES string of the molecule is Cc1ccc2c(c1)CCN2.[HH]. The van der Waals surface area contributed by atoms with Gasteiger partial charge in [0.1, 0.15) is 0 Å². The molecule has 54 valence electrons. The number of aryl methyl sites for hydroxylation is 1. The third-order valence-corrected chi connectivity index (χ3v) is 1.97. The van der Waals surface area contributed by atoms with Crippen LogP contribution in [0.15, 0.2) is 18.2 Å². The number of hydrogen-bond acceptors (Lipinski definition) is 1. The van der Waals surface area contributed by atoms with Gasteiger partial charge in [-0.15, -0.1) is 0 Å². The summed E-state index contributed by atoms with van der Waals surface area (Å²) in [5.41, 5.74) is 4.16. The van der Waals surface area contributed by atoms with Crippen molar-refractivity contribution < 1.29 is 1.43 Å². The number of anilines is 1. The third kappa shape index (κ3) is 0.783. The van der Waals surface area contributed by atoms with Crippen molar-refractivity contribution in [2.24, 2.45) is 0 Å². The molecular weight excluding hydrogens is 122 g/mol. The normalized spacial score (nSPS) is 14.5. The average Bonchev–Trinajstić information content (AvgIpc) is 2.33. The molecule has 1 heterocycles. The number of fused-ring (bicyclic) bond motifs is 1. The van der Waals surface area contributed by atoms with E-state index in [2.05, 4.69) is 30.4 Å². The molecule has 0 unspecified atom stereocenters. The molecule has 1 aliphatic heterocycles. The Balaban J connectivity index is 0.000000605. The molecule has 10 heavy (non-hydrogen) atoms. The van der Waals surface area contributed by atoms with Crippen LogP contribution in [0.1, 0.15) is 12.6 Å². The third-order valence-electron chi connectivity index (χ3n) is 1.97. The van der Waals surface area contributed by atoms with Gasteiger partial charge in [0.05, 0.1) is 0 Å². The van der Waals surface area contributed by atoms with Gasteiger partial charge in [-0.2, -0.15) is 0 Å². The van der Waals surface area contributed by atoms with Crippen LogP contribution < -0.4 is 5.32 Å². The zero-order valence-electron chi connectivity index (χ0n) is 6.15. The van der Waals surface area contributed by atoms with E-state index < -0.39 is 0 Å². The largest absolute Gasteiger partial charge is 0.384 e. The quantitative estimate of drug-likeness (QED) is 0.575. The number of benzene rings is 1. The van der Waals surface area contributed by atoms with Gasteiger partial charge in [0.2, 0.25) is 0 Å². The van der Waals surface area contributed by atoms with Crippen LogP contribution in [0.4, 0.5) is 5.69 Å². The summed E-state index contributed by atoms with van der Waals surface area (Å²) in [6.45, 7) is 3.25. The van der Waals surface area contributed by atoms with E-state index in [1.165, 1.54) is 23.2 Å². The van der Waals surface area contributed by atoms with Gasteiger partial charge in [-0.25, -0.2) is 0 Å². The summed E-state index contributed by atoms with van der Waals surface area (Å²) in [6.07, 6.45) is 1.19. The Hall–Kier alpha value is -0.980. The highest BCUT2D eigenvalue weighted by atomic mass is 14.9. The highest BCUT2D eigenvalue weighted by Crippen LogP contribution is 2.22. The van der Waals surface area contributed by atoms with Gasteiger partial charge in [0.15, 0.2) is 0 Å². The zero-order valence-corrected chi connectivity index (χ0v) is 6.15. The van der Waals surface area contributed by atoms with Gasteiger partial charge < -0.3 is 5.32 Å². The summed E-state index contributed by atoms with van der Waals surface area (Å²) in [5, 5.41) is 3.33. The lowest BCUT2D eigenvalue weighted by atomic mass is 10.1. The molecule has 0 bridgehead atoms. The van der Waals surface area contributed by atoms with Crippen molar-refractivity contribution >= 4 is 5.69 Å². The molecule has 0 saturated carbocycles. The first-order valence-corrected chi connectivity index (χ1v) is 3.70. The average molecular weight is 135 g/mol. The van der Waals surface area contributed by atoms with Crippen LogP contribution in [0.3, 0.4) is 0 Å². The molecule has 0 aromatic heterocycles. The Morgan fingerprint density at radius 3 is 3.30 bits per heavy atom. The summed E-state index contributed by atoms with van der Waals surface area (Å²) >= 11 is 0. The molecule has 1 aromatic carbocycles. The molecule has 0 fully saturated rings. The fourth-order valence-corrected chi connectivity index (χ4v) is 1.43. The second-order valence-electron chi connectivity index (χ2n) is 2.84. The lowest BCUT2D eigenvalue weighted by Gasteiger charge is -1.98. The molecule has 1 aliphatic rings. The molecule has 0 radical (unpaired) electrons. The predicted molar refractivity (Wildman–Crippen MR) is 45.5 cm³/mol. The van der Waals surface area contributed by atoms with Crippen LogP contribution in [0.5, 0.6) is 0 Å². The van der Waals surface area contributed by atoms with Crippen LogP contribution in [-0.4, -0.2) is 6.54 Å². The molecule has 0 atom stereocenters. The molecule has 1 nitrogen and oxygen atoms in total. The van der Waals surface area contributed by atoms with E-state index in [-0.39, 0.29) is 1.43 Å². The highest BCUT2D eigenvalue weighted by Gasteiger charge is 2.07. The maximum absolute atomic E-state index is 3.33. The van der Waals surface area contributed by atoms with Gasteiger partial charge in [-0.05, 0) is 25.0 Å². The second-order valence-corrected chi connectivity index (χ2v) is 2.84. The number of hydrogen-bond donors (Lipinski definition) is 1. The van der Waals surface area contributed by atoms with Gasteiger partial charge in [-0.3, -0.25) is 0 Å². The van der Waals surface area contributed by atoms with E-state index >= 15 is 0 Å². The minimum Gasteiger partial charge on any atom is -0.384 e. The van der Waals surface area contributed by atoms with E-state index in [1.54, 1.807) is 0 Å². The number of rotatable bonds is 0. The van der Waals surface area contributed by atoms with E-state index in [0.29, 0.717) is 0 Å². The molecule has 0 amide bonds. The van der Waals surface area contributed by atoms with Crippen molar-refractivity contribution in [3.8, 4) is 0 Å². The Morgan fingerprint density at radius 2 is 2.40 bits per heavy atom. The minimum absolute atomic E-state index is 0. The molecule has 1 heteroatoms. The van der Waals surface area contributed by atoms with E-state index in [4.69, 9.17) is 0 Å². The number of nitrogens with one attached hydrogen (secondary N) is 1. The second kappa shape index (κ2) is 2.01. The monoisotopic (exact) mass is 135 g/mol. The van der Waals surface area contributed by atoms with Crippen LogP contribution in [0, 0.1) is 6.92 Å². The van der Waals surface area contributed by atoms with Crippen molar-refractivity contribution in [3.05, 3.63) is 29.3 Å². The van der Waals surface area contributed by atoms with Crippen molar-refractivity contribution in [3.63, 3.8) is 0 Å². The molecule has 1 aromatic rings. The Kier molecular flexibility index (Phi) is 1.16. The van der Waals surface area contributed by atoms with Crippen molar-refractivity contribution in [2.45, 2.75) is 13.3 Å². The van der Waals surface area contributed by atoms with Crippen LogP contribution >= 0.6 is 0 Å². The Bertz CT molecular complexity index is 258. The standard InChI is InChI=1S/C9H11N.H2/c1-7-2-3-9-8(6-7)4-5-10-9;/h2-3,6,10H,4-5H2,1H3;1H. The van der Waals surface area contributed by atoms with E-state index in [9.17, 15) is 0 Å². The van der Waals surface area contributed by atoms with Crippen molar-refractivity contribution in [1.82, 2.24) is 0 Å². The summed E-state index contributed by atoms with van der Waals surface area (Å²) in [4.78, 5) is 0. The fourth-order valence-electron chi connectivity index (χ4n) is 1.43. The van der Waals surface area contributed by atoms with Gasteiger partial charge in [-0.1, -0.05) is 17.7 Å². The maximum Gasteiger partial charge on any atom is 0.0373 e. The van der Waals surface area contributed by atoms with Crippen molar-refractivity contribution in [1.29, 1.82) is 0 Å². The van der Waals surface area contributed by atoms with Gasteiger partial charge in [0, 0.05) is 13.7 Å². The predicted octanol–water partition coefficient (Wildman–Crippen LogP) is 2.21. The molecule has 2 rings (SSSR count). The topological polar surface area (TPSA) is 12.0 Å². The molecular formula is C9H13N. The van der Waals surface area contributed by atoms with Crippen LogP contribution in [-0.2, 0) is 6.42 Å². The lowest BCUT2D eigenvalue weighted by molar-refractivity contribution is 1.10. The Labute approximate surface area is 62.6 Å². The minimum atomic E-state index is 0.